The minimum atomic E-state index is -1.26. The normalized spacial score (nSPS) is 11.3. The van der Waals surface area contributed by atoms with Crippen molar-refractivity contribution in [1.82, 2.24) is 0 Å². The number of hydrogen-bond acceptors (Lipinski definition) is 3. The smallest absolute Gasteiger partial charge is 0.328 e. The molecule has 6 heteroatoms. The molecular formula is C9H15NO5. The zero-order valence-corrected chi connectivity index (χ0v) is 8.64. The topological polar surface area (TPSA) is 118 Å². The molecule has 0 fully saturated rings. The highest BCUT2D eigenvalue weighted by molar-refractivity contribution is 5.89. The minimum Gasteiger partial charge on any atom is -0.478 e. The summed E-state index contributed by atoms with van der Waals surface area (Å²) in [5.41, 5.74) is 4.91. The van der Waals surface area contributed by atoms with Crippen molar-refractivity contribution in [1.29, 1.82) is 0 Å². The van der Waals surface area contributed by atoms with Crippen LogP contribution in [0.4, 0.5) is 0 Å². The molecule has 0 saturated carbocycles. The molecule has 0 aromatic heterocycles. The third kappa shape index (κ3) is 15.0. The van der Waals surface area contributed by atoms with Crippen LogP contribution in [0.2, 0.25) is 0 Å². The van der Waals surface area contributed by atoms with Crippen LogP contribution in [0, 0.1) is 5.92 Å². The van der Waals surface area contributed by atoms with Crippen LogP contribution in [-0.4, -0.2) is 28.1 Å². The number of hydrogen-bond donors (Lipinski definition) is 3. The number of carbonyl (C=O) groups is 3. The van der Waals surface area contributed by atoms with Crippen molar-refractivity contribution < 1.29 is 24.6 Å². The standard InChI is InChI=1S/C5H11NO.C4H4O4/c1-3-4(2)5(6)7;5-3(6)1-2-4(7)8/h4H,3H2,1-2H3,(H2,6,7);1-2H,(H,5,6)(H,7,8)/b;2-1+/t4-;/m0./s1. The van der Waals surface area contributed by atoms with Gasteiger partial charge in [0.25, 0.3) is 0 Å². The molecule has 0 unspecified atom stereocenters. The first kappa shape index (κ1) is 15.6. The van der Waals surface area contributed by atoms with E-state index in [9.17, 15) is 14.4 Å². The quantitative estimate of drug-likeness (QED) is 0.582. The van der Waals surface area contributed by atoms with Crippen molar-refractivity contribution in [2.24, 2.45) is 11.7 Å². The molecule has 0 bridgehead atoms. The maximum absolute atomic E-state index is 10.2. The van der Waals surface area contributed by atoms with Crippen LogP contribution in [-0.2, 0) is 14.4 Å². The lowest BCUT2D eigenvalue weighted by Gasteiger charge is -1.98. The first-order valence-electron chi connectivity index (χ1n) is 4.24. The van der Waals surface area contributed by atoms with Gasteiger partial charge in [0.1, 0.15) is 0 Å². The first-order chi connectivity index (χ1) is 6.81. The molecule has 0 radical (unpaired) electrons. The molecule has 0 heterocycles. The minimum absolute atomic E-state index is 0.0417. The van der Waals surface area contributed by atoms with E-state index in [1.807, 2.05) is 13.8 Å². The predicted molar refractivity (Wildman–Crippen MR) is 53.1 cm³/mol. The Bertz CT molecular complexity index is 243. The van der Waals surface area contributed by atoms with Crippen molar-refractivity contribution in [3.8, 4) is 0 Å². The van der Waals surface area contributed by atoms with E-state index in [2.05, 4.69) is 0 Å². The van der Waals surface area contributed by atoms with E-state index in [1.165, 1.54) is 0 Å². The van der Waals surface area contributed by atoms with Gasteiger partial charge in [0.15, 0.2) is 0 Å². The molecule has 0 aromatic carbocycles. The Morgan fingerprint density at radius 3 is 1.60 bits per heavy atom. The van der Waals surface area contributed by atoms with Crippen LogP contribution in [0.15, 0.2) is 12.2 Å². The number of amides is 1. The molecule has 86 valence electrons. The van der Waals surface area contributed by atoms with Gasteiger partial charge in [-0.1, -0.05) is 13.8 Å². The molecule has 0 aliphatic heterocycles. The van der Waals surface area contributed by atoms with Crippen molar-refractivity contribution >= 4 is 17.8 Å². The van der Waals surface area contributed by atoms with E-state index < -0.39 is 11.9 Å². The highest BCUT2D eigenvalue weighted by atomic mass is 16.4. The number of carbonyl (C=O) groups excluding carboxylic acids is 1. The summed E-state index contributed by atoms with van der Waals surface area (Å²) < 4.78 is 0. The Labute approximate surface area is 87.4 Å². The van der Waals surface area contributed by atoms with Crippen LogP contribution < -0.4 is 5.73 Å². The van der Waals surface area contributed by atoms with Gasteiger partial charge in [-0.25, -0.2) is 9.59 Å². The summed E-state index contributed by atoms with van der Waals surface area (Å²) >= 11 is 0. The third-order valence-corrected chi connectivity index (χ3v) is 1.47. The van der Waals surface area contributed by atoms with Gasteiger partial charge in [-0.05, 0) is 6.42 Å². The van der Waals surface area contributed by atoms with Crippen molar-refractivity contribution in [3.63, 3.8) is 0 Å². The maximum atomic E-state index is 10.2. The number of aliphatic carboxylic acids is 2. The summed E-state index contributed by atoms with van der Waals surface area (Å²) in [5.74, 6) is -2.68. The molecule has 0 saturated heterocycles. The second-order valence-corrected chi connectivity index (χ2v) is 2.72. The predicted octanol–water partition coefficient (Wildman–Crippen LogP) is 0.230. The molecule has 1 amide bonds. The van der Waals surface area contributed by atoms with Crippen LogP contribution in [0.25, 0.3) is 0 Å². The number of carboxylic acid groups (broad SMARTS) is 2. The van der Waals surface area contributed by atoms with Crippen LogP contribution in [0.3, 0.4) is 0 Å². The second-order valence-electron chi connectivity index (χ2n) is 2.72. The summed E-state index contributed by atoms with van der Waals surface area (Å²) in [6.45, 7) is 3.76. The lowest BCUT2D eigenvalue weighted by molar-refractivity contribution is -0.134. The Morgan fingerprint density at radius 1 is 1.20 bits per heavy atom. The van der Waals surface area contributed by atoms with Crippen LogP contribution >= 0.6 is 0 Å². The van der Waals surface area contributed by atoms with E-state index in [4.69, 9.17) is 15.9 Å². The number of primary amides is 1. The average molecular weight is 217 g/mol. The molecule has 6 nitrogen and oxygen atoms in total. The molecule has 0 aliphatic carbocycles. The highest BCUT2D eigenvalue weighted by Gasteiger charge is 2.02. The van der Waals surface area contributed by atoms with Crippen LogP contribution in [0.5, 0.6) is 0 Å². The number of carboxylic acids is 2. The van der Waals surface area contributed by atoms with Gasteiger partial charge in [0.05, 0.1) is 0 Å². The van der Waals surface area contributed by atoms with Gasteiger partial charge in [0.2, 0.25) is 5.91 Å². The summed E-state index contributed by atoms with van der Waals surface area (Å²) in [4.78, 5) is 29.3. The lowest BCUT2D eigenvalue weighted by Crippen LogP contribution is -2.19. The van der Waals surface area contributed by atoms with Gasteiger partial charge >= 0.3 is 11.9 Å². The molecule has 0 spiro atoms. The Kier molecular flexibility index (Phi) is 9.09. The summed E-state index contributed by atoms with van der Waals surface area (Å²) in [6, 6.07) is 0. The van der Waals surface area contributed by atoms with Crippen molar-refractivity contribution in [2.75, 3.05) is 0 Å². The molecule has 4 N–H and O–H groups in total. The Balaban J connectivity index is 0. The van der Waals surface area contributed by atoms with E-state index in [0.29, 0.717) is 12.2 Å². The zero-order valence-electron chi connectivity index (χ0n) is 8.64. The number of rotatable bonds is 4. The summed E-state index contributed by atoms with van der Waals surface area (Å²) in [5, 5.41) is 15.6. The van der Waals surface area contributed by atoms with Gasteiger partial charge in [-0.15, -0.1) is 0 Å². The fraction of sp³-hybridized carbons (Fsp3) is 0.444. The monoisotopic (exact) mass is 217 g/mol. The largest absolute Gasteiger partial charge is 0.478 e. The van der Waals surface area contributed by atoms with Gasteiger partial charge in [-0.2, -0.15) is 0 Å². The highest BCUT2D eigenvalue weighted by Crippen LogP contribution is 1.96. The van der Waals surface area contributed by atoms with E-state index in [-0.39, 0.29) is 11.8 Å². The summed E-state index contributed by atoms with van der Waals surface area (Å²) in [7, 11) is 0. The Morgan fingerprint density at radius 2 is 1.53 bits per heavy atom. The summed E-state index contributed by atoms with van der Waals surface area (Å²) in [6.07, 6.45) is 1.96. The molecule has 0 aromatic rings. The Hall–Kier alpha value is -1.85. The molecular weight excluding hydrogens is 202 g/mol. The first-order valence-corrected chi connectivity index (χ1v) is 4.24. The third-order valence-electron chi connectivity index (χ3n) is 1.47. The lowest BCUT2D eigenvalue weighted by atomic mass is 10.1. The SMILES string of the molecule is CC[C@H](C)C(N)=O.O=C(O)/C=C/C(=O)O. The molecule has 0 aliphatic rings. The molecule has 15 heavy (non-hydrogen) atoms. The molecule has 1 atom stereocenters. The zero-order chi connectivity index (χ0) is 12.4. The maximum Gasteiger partial charge on any atom is 0.328 e. The fourth-order valence-electron chi connectivity index (χ4n) is 0.344. The van der Waals surface area contributed by atoms with Gasteiger partial charge in [0, 0.05) is 18.1 Å². The van der Waals surface area contributed by atoms with Crippen molar-refractivity contribution in [2.45, 2.75) is 20.3 Å². The van der Waals surface area contributed by atoms with E-state index >= 15 is 0 Å². The van der Waals surface area contributed by atoms with Crippen molar-refractivity contribution in [3.05, 3.63) is 12.2 Å². The second kappa shape index (κ2) is 8.74. The van der Waals surface area contributed by atoms with Gasteiger partial charge < -0.3 is 15.9 Å². The average Bonchev–Trinajstić information content (AvgIpc) is 2.14. The molecule has 0 rings (SSSR count). The van der Waals surface area contributed by atoms with Gasteiger partial charge in [-0.3, -0.25) is 4.79 Å². The van der Waals surface area contributed by atoms with E-state index in [0.717, 1.165) is 6.42 Å². The van der Waals surface area contributed by atoms with E-state index in [1.54, 1.807) is 0 Å². The fourth-order valence-corrected chi connectivity index (χ4v) is 0.344. The van der Waals surface area contributed by atoms with Crippen LogP contribution in [0.1, 0.15) is 20.3 Å². The number of nitrogens with two attached hydrogens (primary N) is 1.